The molecule has 1 aromatic heterocycles. The van der Waals surface area contributed by atoms with Crippen molar-refractivity contribution in [3.05, 3.63) is 23.5 Å². The van der Waals surface area contributed by atoms with Gasteiger partial charge in [0.05, 0.1) is 6.61 Å². The third-order valence-corrected chi connectivity index (χ3v) is 3.73. The van der Waals surface area contributed by atoms with Crippen LogP contribution in [0.3, 0.4) is 0 Å². The van der Waals surface area contributed by atoms with E-state index in [2.05, 4.69) is 30.2 Å². The van der Waals surface area contributed by atoms with Crippen molar-refractivity contribution >= 4 is 0 Å². The molecule has 0 spiro atoms. The Morgan fingerprint density at radius 3 is 2.79 bits per heavy atom. The van der Waals surface area contributed by atoms with Crippen molar-refractivity contribution in [2.75, 3.05) is 6.61 Å². The summed E-state index contributed by atoms with van der Waals surface area (Å²) in [6, 6.07) is 2.54. The van der Waals surface area contributed by atoms with E-state index in [1.807, 2.05) is 13.1 Å². The van der Waals surface area contributed by atoms with Gasteiger partial charge in [0.2, 0.25) is 0 Å². The molecule has 1 saturated carbocycles. The van der Waals surface area contributed by atoms with Gasteiger partial charge in [-0.3, -0.25) is 4.98 Å². The highest BCUT2D eigenvalue weighted by Gasteiger charge is 2.16. The highest BCUT2D eigenvalue weighted by atomic mass is 16.5. The second-order valence-corrected chi connectivity index (χ2v) is 5.93. The third-order valence-electron chi connectivity index (χ3n) is 3.73. The predicted octanol–water partition coefficient (Wildman–Crippen LogP) is 3.46. The zero-order valence-corrected chi connectivity index (χ0v) is 12.4. The number of nitrogens with zero attached hydrogens (tertiary/aromatic N) is 1. The quantitative estimate of drug-likeness (QED) is 0.852. The molecule has 0 atom stereocenters. The molecule has 0 aromatic carbocycles. The SMILES string of the molecule is Cc1cc(OCC2CCCC2)c(CNC(C)C)cn1. The molecule has 0 radical (unpaired) electrons. The Bertz CT molecular complexity index is 398. The van der Waals surface area contributed by atoms with Gasteiger partial charge >= 0.3 is 0 Å². The van der Waals surface area contributed by atoms with E-state index >= 15 is 0 Å². The molecule has 1 fully saturated rings. The molecule has 2 rings (SSSR count). The smallest absolute Gasteiger partial charge is 0.127 e. The van der Waals surface area contributed by atoms with Gasteiger partial charge < -0.3 is 10.1 Å². The normalized spacial score (nSPS) is 16.2. The van der Waals surface area contributed by atoms with Gasteiger partial charge in [-0.15, -0.1) is 0 Å². The second kappa shape index (κ2) is 6.90. The maximum Gasteiger partial charge on any atom is 0.127 e. The molecule has 0 saturated heterocycles. The summed E-state index contributed by atoms with van der Waals surface area (Å²) in [7, 11) is 0. The first-order valence-electron chi connectivity index (χ1n) is 7.47. The molecule has 0 aliphatic heterocycles. The van der Waals surface area contributed by atoms with Crippen LogP contribution in [0.2, 0.25) is 0 Å². The minimum atomic E-state index is 0.476. The molecule has 1 heterocycles. The monoisotopic (exact) mass is 262 g/mol. The summed E-state index contributed by atoms with van der Waals surface area (Å²) in [5.74, 6) is 1.76. The Morgan fingerprint density at radius 2 is 2.11 bits per heavy atom. The molecular formula is C16H26N2O. The van der Waals surface area contributed by atoms with E-state index < -0.39 is 0 Å². The maximum absolute atomic E-state index is 6.05. The lowest BCUT2D eigenvalue weighted by Crippen LogP contribution is -2.22. The van der Waals surface area contributed by atoms with Gasteiger partial charge in [-0.1, -0.05) is 26.7 Å². The van der Waals surface area contributed by atoms with E-state index in [0.717, 1.165) is 36.1 Å². The molecule has 0 amide bonds. The van der Waals surface area contributed by atoms with E-state index in [-0.39, 0.29) is 0 Å². The molecule has 1 aliphatic rings. The predicted molar refractivity (Wildman–Crippen MR) is 78.4 cm³/mol. The lowest BCUT2D eigenvalue weighted by molar-refractivity contribution is 0.249. The Hall–Kier alpha value is -1.09. The van der Waals surface area contributed by atoms with Crippen molar-refractivity contribution in [3.8, 4) is 5.75 Å². The summed E-state index contributed by atoms with van der Waals surface area (Å²) in [5.41, 5.74) is 2.19. The van der Waals surface area contributed by atoms with Crippen LogP contribution in [0, 0.1) is 12.8 Å². The van der Waals surface area contributed by atoms with Gasteiger partial charge in [-0.25, -0.2) is 0 Å². The van der Waals surface area contributed by atoms with Crippen LogP contribution >= 0.6 is 0 Å². The van der Waals surface area contributed by atoms with Crippen molar-refractivity contribution in [2.45, 2.75) is 59.0 Å². The number of rotatable bonds is 6. The van der Waals surface area contributed by atoms with Gasteiger partial charge in [0.25, 0.3) is 0 Å². The Labute approximate surface area is 116 Å². The number of pyridine rings is 1. The molecular weight excluding hydrogens is 236 g/mol. The van der Waals surface area contributed by atoms with Gasteiger partial charge in [0, 0.05) is 36.1 Å². The Morgan fingerprint density at radius 1 is 1.37 bits per heavy atom. The van der Waals surface area contributed by atoms with E-state index in [1.54, 1.807) is 0 Å². The summed E-state index contributed by atoms with van der Waals surface area (Å²) in [6.07, 6.45) is 7.32. The highest BCUT2D eigenvalue weighted by Crippen LogP contribution is 2.27. The molecule has 0 unspecified atom stereocenters. The van der Waals surface area contributed by atoms with E-state index in [9.17, 15) is 0 Å². The topological polar surface area (TPSA) is 34.1 Å². The third kappa shape index (κ3) is 4.50. The van der Waals surface area contributed by atoms with E-state index in [0.29, 0.717) is 6.04 Å². The molecule has 1 aliphatic carbocycles. The number of aryl methyl sites for hydroxylation is 1. The zero-order valence-electron chi connectivity index (χ0n) is 12.4. The van der Waals surface area contributed by atoms with Crippen LogP contribution in [0.4, 0.5) is 0 Å². The van der Waals surface area contributed by atoms with Crippen LogP contribution in [0.25, 0.3) is 0 Å². The first-order valence-corrected chi connectivity index (χ1v) is 7.47. The number of hydrogen-bond donors (Lipinski definition) is 1. The Kier molecular flexibility index (Phi) is 5.20. The van der Waals surface area contributed by atoms with Gasteiger partial charge in [0.15, 0.2) is 0 Å². The van der Waals surface area contributed by atoms with Crippen molar-refractivity contribution in [2.24, 2.45) is 5.92 Å². The summed E-state index contributed by atoms with van der Waals surface area (Å²) in [5, 5.41) is 3.43. The van der Waals surface area contributed by atoms with Crippen molar-refractivity contribution in [1.29, 1.82) is 0 Å². The van der Waals surface area contributed by atoms with Crippen molar-refractivity contribution < 1.29 is 4.74 Å². The maximum atomic E-state index is 6.05. The summed E-state index contributed by atoms with van der Waals surface area (Å²) in [4.78, 5) is 4.38. The standard InChI is InChI=1S/C16H26N2O/c1-12(2)17-9-15-10-18-13(3)8-16(15)19-11-14-6-4-5-7-14/h8,10,12,14,17H,4-7,9,11H2,1-3H3. The van der Waals surface area contributed by atoms with Crippen molar-refractivity contribution in [1.82, 2.24) is 10.3 Å². The summed E-state index contributed by atoms with van der Waals surface area (Å²) < 4.78 is 6.05. The fourth-order valence-corrected chi connectivity index (χ4v) is 2.53. The lowest BCUT2D eigenvalue weighted by atomic mass is 10.1. The van der Waals surface area contributed by atoms with Crippen LogP contribution in [-0.4, -0.2) is 17.6 Å². The van der Waals surface area contributed by atoms with Gasteiger partial charge in [-0.2, -0.15) is 0 Å². The lowest BCUT2D eigenvalue weighted by Gasteiger charge is -2.16. The first-order chi connectivity index (χ1) is 9.15. The molecule has 106 valence electrons. The van der Waals surface area contributed by atoms with Crippen LogP contribution in [0.5, 0.6) is 5.75 Å². The van der Waals surface area contributed by atoms with E-state index in [4.69, 9.17) is 4.74 Å². The summed E-state index contributed by atoms with van der Waals surface area (Å²) in [6.45, 7) is 8.01. The number of ether oxygens (including phenoxy) is 1. The molecule has 19 heavy (non-hydrogen) atoms. The first kappa shape index (κ1) is 14.3. The molecule has 1 aromatic rings. The minimum absolute atomic E-state index is 0.476. The van der Waals surface area contributed by atoms with Crippen LogP contribution in [0.1, 0.15) is 50.8 Å². The van der Waals surface area contributed by atoms with Crippen molar-refractivity contribution in [3.63, 3.8) is 0 Å². The Balaban J connectivity index is 1.97. The highest BCUT2D eigenvalue weighted by molar-refractivity contribution is 5.32. The fourth-order valence-electron chi connectivity index (χ4n) is 2.53. The summed E-state index contributed by atoms with van der Waals surface area (Å²) >= 11 is 0. The second-order valence-electron chi connectivity index (χ2n) is 5.93. The minimum Gasteiger partial charge on any atom is -0.493 e. The van der Waals surface area contributed by atoms with Crippen LogP contribution in [0.15, 0.2) is 12.3 Å². The average molecular weight is 262 g/mol. The number of nitrogens with one attached hydrogen (secondary N) is 1. The largest absolute Gasteiger partial charge is 0.493 e. The van der Waals surface area contributed by atoms with Gasteiger partial charge in [0.1, 0.15) is 5.75 Å². The molecule has 1 N–H and O–H groups in total. The number of aromatic nitrogens is 1. The van der Waals surface area contributed by atoms with Crippen LogP contribution < -0.4 is 10.1 Å². The molecule has 0 bridgehead atoms. The zero-order chi connectivity index (χ0) is 13.7. The number of hydrogen-bond acceptors (Lipinski definition) is 3. The van der Waals surface area contributed by atoms with Crippen LogP contribution in [-0.2, 0) is 6.54 Å². The fraction of sp³-hybridized carbons (Fsp3) is 0.688. The average Bonchev–Trinajstić information content (AvgIpc) is 2.88. The van der Waals surface area contributed by atoms with E-state index in [1.165, 1.54) is 25.7 Å². The van der Waals surface area contributed by atoms with Gasteiger partial charge in [-0.05, 0) is 25.7 Å². The molecule has 3 nitrogen and oxygen atoms in total. The molecule has 3 heteroatoms.